The summed E-state index contributed by atoms with van der Waals surface area (Å²) in [7, 11) is 1.64. The molecule has 0 bridgehead atoms. The highest BCUT2D eigenvalue weighted by Gasteiger charge is 2.18. The molecule has 0 fully saturated rings. The molecule has 0 saturated heterocycles. The van der Waals surface area contributed by atoms with Crippen LogP contribution in [-0.4, -0.2) is 12.2 Å². The number of hydrogen-bond acceptors (Lipinski definition) is 2. The summed E-state index contributed by atoms with van der Waals surface area (Å²) in [5.74, 6) is 0.741. The minimum Gasteiger partial charge on any atom is -0.496 e. The fourth-order valence-electron chi connectivity index (χ4n) is 2.58. The second-order valence-electron chi connectivity index (χ2n) is 5.02. The summed E-state index contributed by atoms with van der Waals surface area (Å²) in [5.41, 5.74) is 2.00. The van der Waals surface area contributed by atoms with Gasteiger partial charge in [0.2, 0.25) is 0 Å². The van der Waals surface area contributed by atoms with Crippen molar-refractivity contribution in [2.75, 3.05) is 7.11 Å². The number of aliphatic hydroxyl groups is 1. The largest absolute Gasteiger partial charge is 0.496 e. The maximum absolute atomic E-state index is 10.6. The first-order valence-electron chi connectivity index (χ1n) is 6.93. The molecular weight excluding hydrogens is 304 g/mol. The van der Waals surface area contributed by atoms with E-state index in [-0.39, 0.29) is 0 Å². The van der Waals surface area contributed by atoms with Gasteiger partial charge in [-0.3, -0.25) is 0 Å². The number of rotatable bonds is 3. The number of aliphatic hydroxyl groups excluding tert-OH is 1. The topological polar surface area (TPSA) is 29.5 Å². The minimum absolute atomic E-state index is 0.541. The molecule has 2 nitrogen and oxygen atoms in total. The molecule has 1 N–H and O–H groups in total. The van der Waals surface area contributed by atoms with Crippen LogP contribution >= 0.6 is 15.9 Å². The molecule has 1 aliphatic carbocycles. The van der Waals surface area contributed by atoms with Gasteiger partial charge in [-0.25, -0.2) is 0 Å². The highest BCUT2D eigenvalue weighted by Crippen LogP contribution is 2.35. The lowest BCUT2D eigenvalue weighted by molar-refractivity contribution is 0.204. The molecule has 2 rings (SSSR count). The average Bonchev–Trinajstić information content (AvgIpc) is 2.37. The number of benzene rings is 1. The Balaban J connectivity index is 2.24. The van der Waals surface area contributed by atoms with Gasteiger partial charge in [-0.15, -0.1) is 0 Å². The van der Waals surface area contributed by atoms with Crippen LogP contribution in [0.1, 0.15) is 50.2 Å². The second kappa shape index (κ2) is 7.11. The number of allylic oxidation sites excluding steroid dienone is 1. The van der Waals surface area contributed by atoms with E-state index >= 15 is 0 Å². The lowest BCUT2D eigenvalue weighted by atomic mass is 9.92. The third kappa shape index (κ3) is 3.83. The van der Waals surface area contributed by atoms with Crippen LogP contribution in [0.3, 0.4) is 0 Å². The minimum atomic E-state index is -0.541. The first-order valence-corrected chi connectivity index (χ1v) is 7.72. The van der Waals surface area contributed by atoms with Crippen LogP contribution in [-0.2, 0) is 0 Å². The smallest absolute Gasteiger partial charge is 0.126 e. The Bertz CT molecular complexity index is 454. The molecule has 1 aromatic rings. The summed E-state index contributed by atoms with van der Waals surface area (Å²) < 4.78 is 6.34. The van der Waals surface area contributed by atoms with Crippen molar-refractivity contribution in [3.05, 3.63) is 39.9 Å². The zero-order valence-electron chi connectivity index (χ0n) is 11.4. The predicted octanol–water partition coefficient (Wildman–Crippen LogP) is 4.77. The van der Waals surface area contributed by atoms with E-state index in [1.54, 1.807) is 7.11 Å². The molecule has 1 aromatic carbocycles. The third-order valence-electron chi connectivity index (χ3n) is 3.67. The van der Waals surface area contributed by atoms with Crippen molar-refractivity contribution in [2.24, 2.45) is 0 Å². The van der Waals surface area contributed by atoms with Crippen molar-refractivity contribution in [2.45, 2.75) is 44.6 Å². The highest BCUT2D eigenvalue weighted by molar-refractivity contribution is 9.10. The zero-order chi connectivity index (χ0) is 13.7. The molecule has 19 heavy (non-hydrogen) atoms. The van der Waals surface area contributed by atoms with Crippen LogP contribution in [0, 0.1) is 0 Å². The quantitative estimate of drug-likeness (QED) is 0.811. The average molecular weight is 325 g/mol. The molecule has 0 radical (unpaired) electrons. The molecule has 1 atom stereocenters. The second-order valence-corrected chi connectivity index (χ2v) is 5.94. The van der Waals surface area contributed by atoms with E-state index in [1.165, 1.54) is 25.7 Å². The van der Waals surface area contributed by atoms with Gasteiger partial charge in [0, 0.05) is 10.0 Å². The summed E-state index contributed by atoms with van der Waals surface area (Å²) in [6.07, 6.45) is 8.70. The van der Waals surface area contributed by atoms with E-state index < -0.39 is 6.10 Å². The third-order valence-corrected chi connectivity index (χ3v) is 4.16. The fraction of sp³-hybridized carbons (Fsp3) is 0.500. The Labute approximate surface area is 123 Å². The first kappa shape index (κ1) is 14.6. The predicted molar refractivity (Wildman–Crippen MR) is 81.4 cm³/mol. The van der Waals surface area contributed by atoms with Crippen molar-refractivity contribution in [3.8, 4) is 5.75 Å². The van der Waals surface area contributed by atoms with E-state index in [4.69, 9.17) is 4.74 Å². The standard InChI is InChI=1S/C16H21BrO2/c1-19-15-11-13(17)9-10-14(15)16(18)12-7-5-3-2-4-6-8-12/h7,9-11,16,18H,2-6,8H2,1H3/b12-7+. The molecular formula is C16H21BrO2. The van der Waals surface area contributed by atoms with Gasteiger partial charge in [0.05, 0.1) is 7.11 Å². The molecule has 0 heterocycles. The Morgan fingerprint density at radius 2 is 2.00 bits per heavy atom. The zero-order valence-corrected chi connectivity index (χ0v) is 12.9. The molecule has 0 aliphatic heterocycles. The van der Waals surface area contributed by atoms with E-state index in [1.807, 2.05) is 18.2 Å². The summed E-state index contributed by atoms with van der Waals surface area (Å²) in [4.78, 5) is 0. The van der Waals surface area contributed by atoms with Gasteiger partial charge in [-0.2, -0.15) is 0 Å². The summed E-state index contributed by atoms with van der Waals surface area (Å²) >= 11 is 3.43. The Kier molecular flexibility index (Phi) is 5.46. The van der Waals surface area contributed by atoms with Crippen LogP contribution in [0.15, 0.2) is 34.3 Å². The van der Waals surface area contributed by atoms with E-state index in [9.17, 15) is 5.11 Å². The molecule has 104 valence electrons. The number of methoxy groups -OCH3 is 1. The molecule has 0 aromatic heterocycles. The van der Waals surface area contributed by atoms with Crippen LogP contribution < -0.4 is 4.74 Å². The van der Waals surface area contributed by atoms with Gasteiger partial charge in [-0.05, 0) is 43.4 Å². The Hall–Kier alpha value is -0.800. The van der Waals surface area contributed by atoms with E-state index in [2.05, 4.69) is 22.0 Å². The number of ether oxygens (including phenoxy) is 1. The van der Waals surface area contributed by atoms with Crippen LogP contribution in [0.25, 0.3) is 0 Å². The number of halogens is 1. The molecule has 3 heteroatoms. The molecule has 0 spiro atoms. The lowest BCUT2D eigenvalue weighted by Gasteiger charge is -2.20. The highest BCUT2D eigenvalue weighted by atomic mass is 79.9. The molecule has 0 amide bonds. The van der Waals surface area contributed by atoms with Crippen molar-refractivity contribution >= 4 is 15.9 Å². The normalized spacial score (nSPS) is 20.9. The Morgan fingerprint density at radius 1 is 1.21 bits per heavy atom. The maximum Gasteiger partial charge on any atom is 0.126 e. The van der Waals surface area contributed by atoms with Crippen molar-refractivity contribution in [1.29, 1.82) is 0 Å². The Morgan fingerprint density at radius 3 is 2.79 bits per heavy atom. The van der Waals surface area contributed by atoms with Gasteiger partial charge < -0.3 is 9.84 Å². The SMILES string of the molecule is COc1cc(Br)ccc1C(O)/C1=C/CCCCCC1. The molecule has 1 unspecified atom stereocenters. The number of hydrogen-bond donors (Lipinski definition) is 1. The van der Waals surface area contributed by atoms with Crippen LogP contribution in [0.4, 0.5) is 0 Å². The summed E-state index contributed by atoms with van der Waals surface area (Å²) in [6, 6.07) is 5.79. The van der Waals surface area contributed by atoms with Crippen molar-refractivity contribution in [3.63, 3.8) is 0 Å². The lowest BCUT2D eigenvalue weighted by Crippen LogP contribution is -2.05. The fourth-order valence-corrected chi connectivity index (χ4v) is 2.92. The van der Waals surface area contributed by atoms with Gasteiger partial charge >= 0.3 is 0 Å². The van der Waals surface area contributed by atoms with E-state index in [0.29, 0.717) is 0 Å². The molecule has 0 saturated carbocycles. The van der Waals surface area contributed by atoms with Crippen molar-refractivity contribution in [1.82, 2.24) is 0 Å². The summed E-state index contributed by atoms with van der Waals surface area (Å²) in [6.45, 7) is 0. The summed E-state index contributed by atoms with van der Waals surface area (Å²) in [5, 5.41) is 10.6. The van der Waals surface area contributed by atoms with Gasteiger partial charge in [-0.1, -0.05) is 40.9 Å². The van der Waals surface area contributed by atoms with Gasteiger partial charge in [0.1, 0.15) is 11.9 Å². The van der Waals surface area contributed by atoms with Crippen LogP contribution in [0.2, 0.25) is 0 Å². The first-order chi connectivity index (χ1) is 9.22. The van der Waals surface area contributed by atoms with E-state index in [0.717, 1.165) is 34.2 Å². The van der Waals surface area contributed by atoms with Gasteiger partial charge in [0.25, 0.3) is 0 Å². The maximum atomic E-state index is 10.6. The van der Waals surface area contributed by atoms with Gasteiger partial charge in [0.15, 0.2) is 0 Å². The molecule has 1 aliphatic rings. The van der Waals surface area contributed by atoms with Crippen LogP contribution in [0.5, 0.6) is 5.75 Å². The monoisotopic (exact) mass is 324 g/mol. The van der Waals surface area contributed by atoms with Crippen molar-refractivity contribution < 1.29 is 9.84 Å².